The van der Waals surface area contributed by atoms with Crippen molar-refractivity contribution in [2.24, 2.45) is 0 Å². The van der Waals surface area contributed by atoms with Crippen molar-refractivity contribution in [1.29, 1.82) is 0 Å². The predicted octanol–water partition coefficient (Wildman–Crippen LogP) is 2.69. The van der Waals surface area contributed by atoms with E-state index in [1.165, 1.54) is 12.1 Å². The van der Waals surface area contributed by atoms with Gasteiger partial charge in [-0.25, -0.2) is 4.79 Å². The Balaban J connectivity index is 1.63. The lowest BCUT2D eigenvalue weighted by atomic mass is 9.93. The summed E-state index contributed by atoms with van der Waals surface area (Å²) < 4.78 is 42.5. The first-order valence-corrected chi connectivity index (χ1v) is 7.87. The van der Waals surface area contributed by atoms with Gasteiger partial charge in [-0.15, -0.1) is 0 Å². The lowest BCUT2D eigenvalue weighted by molar-refractivity contribution is -0.137. The molecule has 0 heterocycles. The summed E-state index contributed by atoms with van der Waals surface area (Å²) >= 11 is 0. The molecule has 1 aromatic rings. The van der Waals surface area contributed by atoms with Crippen molar-refractivity contribution in [2.45, 2.75) is 44.0 Å². The topological polar surface area (TPSA) is 70.6 Å². The number of hydrogen-bond donors (Lipinski definition) is 3. The highest BCUT2D eigenvalue weighted by Crippen LogP contribution is 2.30. The molecule has 24 heavy (non-hydrogen) atoms. The molecule has 0 bridgehead atoms. The van der Waals surface area contributed by atoms with Gasteiger partial charge in [-0.1, -0.05) is 0 Å². The molecule has 0 unspecified atom stereocenters. The van der Waals surface area contributed by atoms with E-state index in [0.717, 1.165) is 25.0 Å². The number of hydrogen-bond acceptors (Lipinski definition) is 3. The number of carbonyl (C=O) groups excluding carboxylic acids is 1. The number of aliphatic hydroxyl groups is 1. The third kappa shape index (κ3) is 5.92. The molecule has 134 valence electrons. The van der Waals surface area contributed by atoms with Crippen molar-refractivity contribution in [3.8, 4) is 5.75 Å². The second kappa shape index (κ2) is 8.23. The van der Waals surface area contributed by atoms with Crippen LogP contribution in [0.3, 0.4) is 0 Å². The zero-order valence-corrected chi connectivity index (χ0v) is 13.1. The first-order valence-electron chi connectivity index (χ1n) is 7.87. The van der Waals surface area contributed by atoms with Crippen LogP contribution in [0.1, 0.15) is 31.2 Å². The summed E-state index contributed by atoms with van der Waals surface area (Å²) in [5.74, 6) is 0.312. The van der Waals surface area contributed by atoms with Gasteiger partial charge in [0.25, 0.3) is 0 Å². The van der Waals surface area contributed by atoms with Gasteiger partial charge in [0.1, 0.15) is 12.4 Å². The van der Waals surface area contributed by atoms with E-state index in [0.29, 0.717) is 18.6 Å². The standard InChI is InChI=1S/C16H21F3N2O3/c17-16(18,19)11-1-7-14(8-2-11)24-10-9-20-15(23)21-12-3-5-13(22)6-4-12/h1-2,7-8,12-13,22H,3-6,9-10H2,(H2,20,21,23). The highest BCUT2D eigenvalue weighted by atomic mass is 19.4. The molecule has 8 heteroatoms. The number of aliphatic hydroxyl groups excluding tert-OH is 1. The zero-order chi connectivity index (χ0) is 17.6. The Hall–Kier alpha value is -1.96. The number of rotatable bonds is 5. The first-order chi connectivity index (χ1) is 11.3. The summed E-state index contributed by atoms with van der Waals surface area (Å²) in [5.41, 5.74) is -0.732. The molecule has 1 fully saturated rings. The Kier molecular flexibility index (Phi) is 6.30. The van der Waals surface area contributed by atoms with Crippen molar-refractivity contribution >= 4 is 6.03 Å². The van der Waals surface area contributed by atoms with Gasteiger partial charge in [0.05, 0.1) is 18.2 Å². The average molecular weight is 346 g/mol. The van der Waals surface area contributed by atoms with Gasteiger partial charge in [-0.05, 0) is 49.9 Å². The maximum Gasteiger partial charge on any atom is 0.416 e. The molecule has 1 saturated carbocycles. The van der Waals surface area contributed by atoms with E-state index in [9.17, 15) is 23.1 Å². The van der Waals surface area contributed by atoms with Crippen LogP contribution >= 0.6 is 0 Å². The van der Waals surface area contributed by atoms with Crippen molar-refractivity contribution in [2.75, 3.05) is 13.2 Å². The number of alkyl halides is 3. The third-order valence-electron chi connectivity index (χ3n) is 3.87. The third-order valence-corrected chi connectivity index (χ3v) is 3.87. The van der Waals surface area contributed by atoms with E-state index in [1.54, 1.807) is 0 Å². The largest absolute Gasteiger partial charge is 0.492 e. The van der Waals surface area contributed by atoms with Crippen LogP contribution in [0.25, 0.3) is 0 Å². The number of carbonyl (C=O) groups is 1. The van der Waals surface area contributed by atoms with Crippen molar-refractivity contribution in [1.82, 2.24) is 10.6 Å². The number of ether oxygens (including phenoxy) is 1. The van der Waals surface area contributed by atoms with Crippen LogP contribution < -0.4 is 15.4 Å². The second-order valence-electron chi connectivity index (χ2n) is 5.78. The number of halogens is 3. The minimum absolute atomic E-state index is 0.0595. The quantitative estimate of drug-likeness (QED) is 0.718. The lowest BCUT2D eigenvalue weighted by Gasteiger charge is -2.26. The van der Waals surface area contributed by atoms with Gasteiger partial charge in [-0.2, -0.15) is 13.2 Å². The number of urea groups is 1. The molecule has 0 spiro atoms. The Morgan fingerprint density at radius 2 is 1.79 bits per heavy atom. The van der Waals surface area contributed by atoms with Crippen molar-refractivity contribution in [3.63, 3.8) is 0 Å². The van der Waals surface area contributed by atoms with E-state index < -0.39 is 11.7 Å². The molecule has 0 radical (unpaired) electrons. The van der Waals surface area contributed by atoms with Crippen LogP contribution in [0.4, 0.5) is 18.0 Å². The van der Waals surface area contributed by atoms with Crippen LogP contribution in [-0.2, 0) is 6.18 Å². The van der Waals surface area contributed by atoms with Crippen LogP contribution in [0.5, 0.6) is 5.75 Å². The van der Waals surface area contributed by atoms with Gasteiger partial charge in [0, 0.05) is 6.04 Å². The average Bonchev–Trinajstić information content (AvgIpc) is 2.53. The fourth-order valence-corrected chi connectivity index (χ4v) is 2.53. The van der Waals surface area contributed by atoms with Crippen molar-refractivity contribution in [3.05, 3.63) is 29.8 Å². The SMILES string of the molecule is O=C(NCCOc1ccc(C(F)(F)F)cc1)NC1CCC(O)CC1. The molecule has 2 amide bonds. The molecular weight excluding hydrogens is 325 g/mol. The minimum atomic E-state index is -4.37. The maximum atomic E-state index is 12.4. The number of amides is 2. The lowest BCUT2D eigenvalue weighted by Crippen LogP contribution is -2.45. The number of benzene rings is 1. The predicted molar refractivity (Wildman–Crippen MR) is 81.7 cm³/mol. The van der Waals surface area contributed by atoms with Gasteiger partial charge < -0.3 is 20.5 Å². The molecular formula is C16H21F3N2O3. The first kappa shape index (κ1) is 18.4. The Bertz CT molecular complexity index is 526. The molecule has 5 nitrogen and oxygen atoms in total. The molecule has 1 aromatic carbocycles. The summed E-state index contributed by atoms with van der Waals surface area (Å²) in [7, 11) is 0. The van der Waals surface area contributed by atoms with Crippen molar-refractivity contribution < 1.29 is 27.8 Å². The molecule has 1 aliphatic carbocycles. The molecule has 0 aliphatic heterocycles. The summed E-state index contributed by atoms with van der Waals surface area (Å²) in [6, 6.07) is 4.14. The molecule has 0 saturated heterocycles. The summed E-state index contributed by atoms with van der Waals surface area (Å²) in [5, 5.41) is 14.8. The molecule has 0 aromatic heterocycles. The van der Waals surface area contributed by atoms with E-state index in [2.05, 4.69) is 10.6 Å². The van der Waals surface area contributed by atoms with Gasteiger partial charge in [0.15, 0.2) is 0 Å². The molecule has 2 rings (SSSR count). The van der Waals surface area contributed by atoms with Crippen LogP contribution in [-0.4, -0.2) is 36.4 Å². The maximum absolute atomic E-state index is 12.4. The fourth-order valence-electron chi connectivity index (χ4n) is 2.53. The zero-order valence-electron chi connectivity index (χ0n) is 13.1. The normalized spacial score (nSPS) is 21.2. The molecule has 1 aliphatic rings. The summed E-state index contributed by atoms with van der Waals surface area (Å²) in [4.78, 5) is 11.7. The monoisotopic (exact) mass is 346 g/mol. The van der Waals surface area contributed by atoms with Gasteiger partial charge in [0.2, 0.25) is 0 Å². The van der Waals surface area contributed by atoms with Crippen LogP contribution in [0.15, 0.2) is 24.3 Å². The van der Waals surface area contributed by atoms with Crippen LogP contribution in [0, 0.1) is 0 Å². The molecule has 0 atom stereocenters. The van der Waals surface area contributed by atoms with Gasteiger partial charge in [-0.3, -0.25) is 0 Å². The smallest absolute Gasteiger partial charge is 0.416 e. The Morgan fingerprint density at radius 3 is 2.38 bits per heavy atom. The fraction of sp³-hybridized carbons (Fsp3) is 0.562. The van der Waals surface area contributed by atoms with E-state index in [1.807, 2.05) is 0 Å². The van der Waals surface area contributed by atoms with E-state index in [4.69, 9.17) is 4.74 Å². The Labute approximate surface area is 138 Å². The number of nitrogens with one attached hydrogen (secondary N) is 2. The highest BCUT2D eigenvalue weighted by Gasteiger charge is 2.30. The van der Waals surface area contributed by atoms with E-state index in [-0.39, 0.29) is 31.3 Å². The minimum Gasteiger partial charge on any atom is -0.492 e. The molecule has 3 N–H and O–H groups in total. The summed E-state index contributed by atoms with van der Waals surface area (Å²) in [6.45, 7) is 0.393. The highest BCUT2D eigenvalue weighted by molar-refractivity contribution is 5.74. The Morgan fingerprint density at radius 1 is 1.17 bits per heavy atom. The van der Waals surface area contributed by atoms with Crippen LogP contribution in [0.2, 0.25) is 0 Å². The van der Waals surface area contributed by atoms with E-state index >= 15 is 0 Å². The second-order valence-corrected chi connectivity index (χ2v) is 5.78. The summed E-state index contributed by atoms with van der Waals surface area (Å²) in [6.07, 6.45) is -1.78. The van der Waals surface area contributed by atoms with Gasteiger partial charge >= 0.3 is 12.2 Å².